The molecule has 2 aromatic carbocycles. The molecule has 5 rings (SSSR count). The van der Waals surface area contributed by atoms with E-state index in [0.29, 0.717) is 29.3 Å². The first kappa shape index (κ1) is 28.0. The summed E-state index contributed by atoms with van der Waals surface area (Å²) in [5, 5.41) is 3.16. The fourth-order valence-corrected chi connectivity index (χ4v) is 7.49. The first-order valence-electron chi connectivity index (χ1n) is 13.4. The van der Waals surface area contributed by atoms with Crippen molar-refractivity contribution in [2.75, 3.05) is 36.5 Å². The standard InChI is InChI=1S/C29H31N3O6S2/c1-2-38-29(35)25-12-13-26(39-25)30-27(33)22-8-5-10-23(19-22)40(36,37)31-17-14-21(15-18-31)28(34)32-16-6-9-20-7-3-4-11-24(20)32/h3-5,7-8,10-13,19,21H,2,6,9,14-18H2,1H3,(H,30,33). The van der Waals surface area contributed by atoms with E-state index in [1.54, 1.807) is 19.1 Å². The molecule has 2 aliphatic rings. The molecule has 0 atom stereocenters. The number of rotatable bonds is 7. The monoisotopic (exact) mass is 581 g/mol. The van der Waals surface area contributed by atoms with Crippen LogP contribution in [-0.2, 0) is 26.0 Å². The lowest BCUT2D eigenvalue weighted by Gasteiger charge is -2.36. The number of carbonyl (C=O) groups is 3. The minimum Gasteiger partial charge on any atom is -0.462 e. The Morgan fingerprint density at radius 1 is 1.00 bits per heavy atom. The molecular formula is C29H31N3O6S2. The van der Waals surface area contributed by atoms with Crippen LogP contribution < -0.4 is 10.2 Å². The number of fused-ring (bicyclic) bond motifs is 1. The Balaban J connectivity index is 1.23. The maximum absolute atomic E-state index is 13.5. The van der Waals surface area contributed by atoms with E-state index in [1.807, 2.05) is 23.1 Å². The van der Waals surface area contributed by atoms with E-state index in [4.69, 9.17) is 4.74 Å². The van der Waals surface area contributed by atoms with Gasteiger partial charge in [-0.25, -0.2) is 13.2 Å². The highest BCUT2D eigenvalue weighted by molar-refractivity contribution is 7.89. The van der Waals surface area contributed by atoms with Crippen molar-refractivity contribution in [1.82, 2.24) is 4.31 Å². The van der Waals surface area contributed by atoms with Crippen LogP contribution in [-0.4, -0.2) is 56.7 Å². The van der Waals surface area contributed by atoms with E-state index in [0.717, 1.165) is 29.9 Å². The maximum Gasteiger partial charge on any atom is 0.348 e. The Kier molecular flexibility index (Phi) is 8.34. The van der Waals surface area contributed by atoms with Crippen LogP contribution in [0.4, 0.5) is 10.7 Å². The summed E-state index contributed by atoms with van der Waals surface area (Å²) in [5.41, 5.74) is 2.31. The van der Waals surface area contributed by atoms with Crippen LogP contribution in [0.25, 0.3) is 0 Å². The molecule has 1 fully saturated rings. The first-order chi connectivity index (χ1) is 19.3. The van der Waals surface area contributed by atoms with Crippen molar-refractivity contribution in [2.24, 2.45) is 5.92 Å². The van der Waals surface area contributed by atoms with Crippen LogP contribution in [0, 0.1) is 5.92 Å². The van der Waals surface area contributed by atoms with Gasteiger partial charge in [0.25, 0.3) is 5.91 Å². The molecule has 0 bridgehead atoms. The Labute approximate surface area is 237 Å². The molecule has 2 amide bonds. The van der Waals surface area contributed by atoms with Gasteiger partial charge >= 0.3 is 5.97 Å². The predicted molar refractivity (Wildman–Crippen MR) is 153 cm³/mol. The zero-order valence-electron chi connectivity index (χ0n) is 22.2. The molecule has 1 saturated heterocycles. The molecule has 0 unspecified atom stereocenters. The normalized spacial score (nSPS) is 16.3. The molecule has 2 aliphatic heterocycles. The number of nitrogens with one attached hydrogen (secondary N) is 1. The molecule has 0 radical (unpaired) electrons. The van der Waals surface area contributed by atoms with E-state index in [-0.39, 0.29) is 42.0 Å². The van der Waals surface area contributed by atoms with Crippen LogP contribution in [0.15, 0.2) is 65.6 Å². The van der Waals surface area contributed by atoms with Gasteiger partial charge in [-0.1, -0.05) is 24.3 Å². The number of hydrogen-bond donors (Lipinski definition) is 1. The van der Waals surface area contributed by atoms with Gasteiger partial charge in [-0.2, -0.15) is 4.31 Å². The van der Waals surface area contributed by atoms with E-state index in [2.05, 4.69) is 11.4 Å². The number of sulfonamides is 1. The number of esters is 1. The molecular weight excluding hydrogens is 550 g/mol. The van der Waals surface area contributed by atoms with Gasteiger partial charge in [-0.3, -0.25) is 9.59 Å². The SMILES string of the molecule is CCOC(=O)c1ccc(NC(=O)c2cccc(S(=O)(=O)N3CCC(C(=O)N4CCCc5ccccc54)CC3)c2)s1. The van der Waals surface area contributed by atoms with Crippen LogP contribution in [0.5, 0.6) is 0 Å². The summed E-state index contributed by atoms with van der Waals surface area (Å²) >= 11 is 1.08. The average molecular weight is 582 g/mol. The number of anilines is 2. The smallest absolute Gasteiger partial charge is 0.348 e. The molecule has 11 heteroatoms. The average Bonchev–Trinajstić information content (AvgIpc) is 3.45. The molecule has 1 aromatic heterocycles. The Morgan fingerprint density at radius 2 is 1.77 bits per heavy atom. The summed E-state index contributed by atoms with van der Waals surface area (Å²) in [7, 11) is -3.86. The number of nitrogens with zero attached hydrogens (tertiary/aromatic N) is 2. The lowest BCUT2D eigenvalue weighted by molar-refractivity contribution is -0.123. The third kappa shape index (κ3) is 5.81. The number of ether oxygens (including phenoxy) is 1. The van der Waals surface area contributed by atoms with Crippen molar-refractivity contribution in [3.63, 3.8) is 0 Å². The number of para-hydroxylation sites is 1. The first-order valence-corrected chi connectivity index (χ1v) is 15.6. The van der Waals surface area contributed by atoms with Crippen molar-refractivity contribution in [1.29, 1.82) is 0 Å². The Morgan fingerprint density at radius 3 is 2.55 bits per heavy atom. The Bertz CT molecular complexity index is 1530. The third-order valence-electron chi connectivity index (χ3n) is 7.23. The minimum absolute atomic E-state index is 0.0216. The van der Waals surface area contributed by atoms with Gasteiger partial charge in [0.2, 0.25) is 15.9 Å². The van der Waals surface area contributed by atoms with E-state index < -0.39 is 21.9 Å². The second-order valence-electron chi connectivity index (χ2n) is 9.77. The van der Waals surface area contributed by atoms with Crippen LogP contribution in [0.2, 0.25) is 0 Å². The van der Waals surface area contributed by atoms with Crippen molar-refractivity contribution in [3.8, 4) is 0 Å². The zero-order chi connectivity index (χ0) is 28.3. The lowest BCUT2D eigenvalue weighted by Crippen LogP contribution is -2.45. The highest BCUT2D eigenvalue weighted by Gasteiger charge is 2.35. The zero-order valence-corrected chi connectivity index (χ0v) is 23.8. The van der Waals surface area contributed by atoms with Gasteiger partial charge in [0.15, 0.2) is 0 Å². The molecule has 0 spiro atoms. The minimum atomic E-state index is -3.86. The number of piperidine rings is 1. The fraction of sp³-hybridized carbons (Fsp3) is 0.345. The molecule has 40 heavy (non-hydrogen) atoms. The van der Waals surface area contributed by atoms with Gasteiger partial charge in [0.05, 0.1) is 16.5 Å². The van der Waals surface area contributed by atoms with Gasteiger partial charge in [-0.15, -0.1) is 11.3 Å². The molecule has 210 valence electrons. The summed E-state index contributed by atoms with van der Waals surface area (Å²) in [5.74, 6) is -1.13. The maximum atomic E-state index is 13.5. The van der Waals surface area contributed by atoms with Crippen LogP contribution >= 0.6 is 11.3 Å². The highest BCUT2D eigenvalue weighted by Crippen LogP contribution is 2.32. The number of thiophene rings is 1. The number of hydrogen-bond acceptors (Lipinski definition) is 7. The number of aryl methyl sites for hydroxylation is 1. The number of carbonyl (C=O) groups excluding carboxylic acids is 3. The van der Waals surface area contributed by atoms with Gasteiger partial charge in [0, 0.05) is 36.8 Å². The van der Waals surface area contributed by atoms with Gasteiger partial charge in [-0.05, 0) is 74.6 Å². The molecule has 1 N–H and O–H groups in total. The number of amides is 2. The fourth-order valence-electron chi connectivity index (χ4n) is 5.17. The molecule has 0 saturated carbocycles. The quantitative estimate of drug-likeness (QED) is 0.410. The van der Waals surface area contributed by atoms with Crippen molar-refractivity contribution in [2.45, 2.75) is 37.5 Å². The second-order valence-corrected chi connectivity index (χ2v) is 12.8. The lowest BCUT2D eigenvalue weighted by atomic mass is 9.94. The van der Waals surface area contributed by atoms with E-state index in [1.165, 1.54) is 34.1 Å². The van der Waals surface area contributed by atoms with Crippen molar-refractivity contribution < 1.29 is 27.5 Å². The number of benzene rings is 2. The highest BCUT2D eigenvalue weighted by atomic mass is 32.2. The van der Waals surface area contributed by atoms with Crippen LogP contribution in [0.1, 0.15) is 51.8 Å². The summed E-state index contributed by atoms with van der Waals surface area (Å²) in [4.78, 5) is 40.4. The molecule has 9 nitrogen and oxygen atoms in total. The summed E-state index contributed by atoms with van der Waals surface area (Å²) in [6, 6.07) is 17.0. The largest absolute Gasteiger partial charge is 0.462 e. The Hall–Kier alpha value is -3.54. The van der Waals surface area contributed by atoms with E-state index >= 15 is 0 Å². The predicted octanol–water partition coefficient (Wildman–Crippen LogP) is 4.56. The third-order valence-corrected chi connectivity index (χ3v) is 10.1. The van der Waals surface area contributed by atoms with Gasteiger partial charge in [0.1, 0.15) is 4.88 Å². The van der Waals surface area contributed by atoms with Crippen molar-refractivity contribution in [3.05, 3.63) is 76.7 Å². The molecule has 3 heterocycles. The summed E-state index contributed by atoms with van der Waals surface area (Å²) in [6.45, 7) is 3.11. The molecule has 0 aliphatic carbocycles. The van der Waals surface area contributed by atoms with Gasteiger partial charge < -0.3 is 15.0 Å². The summed E-state index contributed by atoms with van der Waals surface area (Å²) < 4.78 is 33.3. The second kappa shape index (κ2) is 11.9. The summed E-state index contributed by atoms with van der Waals surface area (Å²) in [6.07, 6.45) is 2.75. The van der Waals surface area contributed by atoms with E-state index in [9.17, 15) is 22.8 Å². The van der Waals surface area contributed by atoms with Crippen molar-refractivity contribution >= 4 is 49.8 Å². The molecule has 3 aromatic rings. The topological polar surface area (TPSA) is 113 Å². The van der Waals surface area contributed by atoms with Crippen LogP contribution in [0.3, 0.4) is 0 Å².